The van der Waals surface area contributed by atoms with Gasteiger partial charge in [0.1, 0.15) is 23.7 Å². The number of carbonyl (C=O) groups excluding carboxylic acids is 2. The summed E-state index contributed by atoms with van der Waals surface area (Å²) in [6.07, 6.45) is -0.160. The number of benzene rings is 1. The molecule has 144 valence electrons. The maximum absolute atomic E-state index is 12.3. The van der Waals surface area contributed by atoms with E-state index in [0.29, 0.717) is 11.8 Å². The van der Waals surface area contributed by atoms with Crippen LogP contribution < -0.4 is 4.18 Å². The minimum atomic E-state index is -5.77. The van der Waals surface area contributed by atoms with Crippen molar-refractivity contribution in [3.63, 3.8) is 0 Å². The van der Waals surface area contributed by atoms with Gasteiger partial charge in [0.2, 0.25) is 0 Å². The van der Waals surface area contributed by atoms with Gasteiger partial charge in [-0.15, -0.1) is 0 Å². The van der Waals surface area contributed by atoms with E-state index >= 15 is 0 Å². The molecule has 0 saturated carbocycles. The summed E-state index contributed by atoms with van der Waals surface area (Å²) in [4.78, 5) is 24.3. The Morgan fingerprint density at radius 2 is 1.69 bits per heavy atom. The molecule has 1 aromatic carbocycles. The summed E-state index contributed by atoms with van der Waals surface area (Å²) in [5, 5.41) is 0. The molecule has 0 N–H and O–H groups in total. The van der Waals surface area contributed by atoms with Gasteiger partial charge in [0, 0.05) is 0 Å². The first-order valence-electron chi connectivity index (χ1n) is 7.34. The lowest BCUT2D eigenvalue weighted by molar-refractivity contribution is -0.108. The zero-order valence-electron chi connectivity index (χ0n) is 14.0. The van der Waals surface area contributed by atoms with E-state index in [2.05, 4.69) is 4.18 Å². The largest absolute Gasteiger partial charge is 0.534 e. The second-order valence-corrected chi connectivity index (χ2v) is 8.05. The molecule has 1 aliphatic heterocycles. The van der Waals surface area contributed by atoms with Crippen molar-refractivity contribution in [2.75, 3.05) is 0 Å². The van der Waals surface area contributed by atoms with Gasteiger partial charge >= 0.3 is 21.7 Å². The normalized spacial score (nSPS) is 20.5. The van der Waals surface area contributed by atoms with E-state index in [4.69, 9.17) is 4.74 Å². The lowest BCUT2D eigenvalue weighted by atomic mass is 10.1. The van der Waals surface area contributed by atoms with E-state index < -0.39 is 45.2 Å². The number of halogens is 3. The summed E-state index contributed by atoms with van der Waals surface area (Å²) in [5.41, 5.74) is -5.88. The molecule has 1 heterocycles. The van der Waals surface area contributed by atoms with Gasteiger partial charge in [0.05, 0.1) is 6.04 Å². The number of nitrogens with zero attached hydrogens (tertiary/aromatic N) is 1. The van der Waals surface area contributed by atoms with Crippen LogP contribution in [0.4, 0.5) is 18.0 Å². The van der Waals surface area contributed by atoms with Crippen LogP contribution in [0, 0.1) is 0 Å². The number of hydrogen-bond acceptors (Lipinski definition) is 6. The van der Waals surface area contributed by atoms with Crippen LogP contribution in [0.2, 0.25) is 0 Å². The van der Waals surface area contributed by atoms with Crippen molar-refractivity contribution in [3.05, 3.63) is 29.8 Å². The van der Waals surface area contributed by atoms with Crippen molar-refractivity contribution < 1.29 is 40.1 Å². The fraction of sp³-hybridized carbons (Fsp3) is 0.467. The molecule has 11 heteroatoms. The molecule has 0 radical (unpaired) electrons. The van der Waals surface area contributed by atoms with E-state index in [0.717, 1.165) is 12.1 Å². The van der Waals surface area contributed by atoms with Gasteiger partial charge in [-0.2, -0.15) is 21.6 Å². The van der Waals surface area contributed by atoms with Crippen LogP contribution in [-0.2, 0) is 19.6 Å². The number of aldehydes is 1. The zero-order chi connectivity index (χ0) is 19.9. The van der Waals surface area contributed by atoms with Crippen LogP contribution in [-0.4, -0.2) is 42.8 Å². The summed E-state index contributed by atoms with van der Waals surface area (Å²) in [7, 11) is -5.77. The predicted molar refractivity (Wildman–Crippen MR) is 82.7 cm³/mol. The molecule has 1 aromatic rings. The van der Waals surface area contributed by atoms with Crippen molar-refractivity contribution in [3.8, 4) is 5.75 Å². The molecule has 2 atom stereocenters. The van der Waals surface area contributed by atoms with Crippen LogP contribution in [0.3, 0.4) is 0 Å². The first-order valence-corrected chi connectivity index (χ1v) is 8.75. The molecule has 0 spiro atoms. The molecule has 26 heavy (non-hydrogen) atoms. The molecule has 1 unspecified atom stereocenters. The SMILES string of the molecule is CC(C)(C)OC(=O)N1C(C=O)[C@H]1c1ccc(OS(=O)(=O)C(F)(F)F)cc1. The first kappa shape index (κ1) is 20.0. The monoisotopic (exact) mass is 395 g/mol. The molecular formula is C15H16F3NO6S. The maximum atomic E-state index is 12.3. The maximum Gasteiger partial charge on any atom is 0.534 e. The summed E-state index contributed by atoms with van der Waals surface area (Å²) < 4.78 is 68.0. The average molecular weight is 395 g/mol. The second-order valence-electron chi connectivity index (χ2n) is 6.51. The zero-order valence-corrected chi connectivity index (χ0v) is 14.8. The van der Waals surface area contributed by atoms with Crippen LogP contribution in [0.25, 0.3) is 0 Å². The predicted octanol–water partition coefficient (Wildman–Crippen LogP) is 2.77. The Labute approximate surface area is 147 Å². The fourth-order valence-corrected chi connectivity index (χ4v) is 2.65. The lowest BCUT2D eigenvalue weighted by Gasteiger charge is -2.20. The third kappa shape index (κ3) is 4.26. The summed E-state index contributed by atoms with van der Waals surface area (Å²) in [6.45, 7) is 4.98. The molecule has 0 aliphatic carbocycles. The molecule has 1 aliphatic rings. The van der Waals surface area contributed by atoms with Gasteiger partial charge in [-0.05, 0) is 38.5 Å². The Hall–Kier alpha value is -2.30. The number of alkyl halides is 3. The first-order chi connectivity index (χ1) is 11.8. The van der Waals surface area contributed by atoms with Crippen LogP contribution in [0.5, 0.6) is 5.75 Å². The summed E-state index contributed by atoms with van der Waals surface area (Å²) in [5.74, 6) is -0.543. The highest BCUT2D eigenvalue weighted by molar-refractivity contribution is 7.88. The van der Waals surface area contributed by atoms with E-state index in [9.17, 15) is 31.2 Å². The molecule has 1 saturated heterocycles. The highest BCUT2D eigenvalue weighted by atomic mass is 32.2. The Bertz CT molecular complexity index is 798. The molecule has 1 fully saturated rings. The molecule has 0 bridgehead atoms. The number of hydrogen-bond donors (Lipinski definition) is 0. The number of rotatable bonds is 4. The van der Waals surface area contributed by atoms with Gasteiger partial charge < -0.3 is 13.7 Å². The molecule has 2 rings (SSSR count). The average Bonchev–Trinajstić information content (AvgIpc) is 3.19. The van der Waals surface area contributed by atoms with Crippen molar-refractivity contribution in [2.24, 2.45) is 0 Å². The van der Waals surface area contributed by atoms with E-state index in [1.54, 1.807) is 20.8 Å². The molecule has 1 amide bonds. The van der Waals surface area contributed by atoms with Gasteiger partial charge in [-0.25, -0.2) is 4.79 Å². The molecule has 7 nitrogen and oxygen atoms in total. The van der Waals surface area contributed by atoms with Crippen molar-refractivity contribution >= 4 is 22.5 Å². The topological polar surface area (TPSA) is 89.8 Å². The van der Waals surface area contributed by atoms with Crippen LogP contribution >= 0.6 is 0 Å². The Balaban J connectivity index is 2.13. The Morgan fingerprint density at radius 1 is 1.15 bits per heavy atom. The third-order valence-electron chi connectivity index (χ3n) is 3.31. The lowest BCUT2D eigenvalue weighted by Crippen LogP contribution is -2.28. The quantitative estimate of drug-likeness (QED) is 0.337. The number of carbonyl (C=O) groups is 2. The molecular weight excluding hydrogens is 379 g/mol. The Morgan fingerprint density at radius 3 is 2.12 bits per heavy atom. The van der Waals surface area contributed by atoms with Crippen molar-refractivity contribution in [1.82, 2.24) is 4.90 Å². The van der Waals surface area contributed by atoms with Gasteiger partial charge in [-0.1, -0.05) is 12.1 Å². The number of amides is 1. The fourth-order valence-electron chi connectivity index (χ4n) is 2.19. The highest BCUT2D eigenvalue weighted by Crippen LogP contribution is 2.43. The van der Waals surface area contributed by atoms with Crippen LogP contribution in [0.1, 0.15) is 32.4 Å². The third-order valence-corrected chi connectivity index (χ3v) is 4.29. The van der Waals surface area contributed by atoms with E-state index in [1.165, 1.54) is 17.0 Å². The van der Waals surface area contributed by atoms with E-state index in [1.807, 2.05) is 0 Å². The summed E-state index contributed by atoms with van der Waals surface area (Å²) >= 11 is 0. The smallest absolute Gasteiger partial charge is 0.444 e. The van der Waals surface area contributed by atoms with Gasteiger partial charge in [0.25, 0.3) is 0 Å². The van der Waals surface area contributed by atoms with E-state index in [-0.39, 0.29) is 0 Å². The van der Waals surface area contributed by atoms with Gasteiger partial charge in [0.15, 0.2) is 0 Å². The minimum Gasteiger partial charge on any atom is -0.444 e. The van der Waals surface area contributed by atoms with Crippen molar-refractivity contribution in [1.29, 1.82) is 0 Å². The summed E-state index contributed by atoms with van der Waals surface area (Å²) in [6, 6.07) is 3.14. The highest BCUT2D eigenvalue weighted by Gasteiger charge is 2.53. The molecule has 0 aromatic heterocycles. The second kappa shape index (κ2) is 6.45. The van der Waals surface area contributed by atoms with Crippen molar-refractivity contribution in [2.45, 2.75) is 44.0 Å². The minimum absolute atomic E-state index is 0.421. The van der Waals surface area contributed by atoms with Crippen LogP contribution in [0.15, 0.2) is 24.3 Å². The standard InChI is InChI=1S/C15H16F3NO6S/c1-14(2,3)24-13(21)19-11(8-20)12(19)9-4-6-10(7-5-9)25-26(22,23)15(16,17)18/h4-8,11-12H,1-3H3/t11?,12-,19?/m1/s1. The Kier molecular flexibility index (Phi) is 4.97. The van der Waals surface area contributed by atoms with Gasteiger partial charge in [-0.3, -0.25) is 4.90 Å². The number of ether oxygens (including phenoxy) is 1.